The number of hydrogen-bond acceptors (Lipinski definition) is 5. The average Bonchev–Trinajstić information content (AvgIpc) is 3.35. The smallest absolute Gasteiger partial charge is 0.272 e. The number of aliphatic hydroxyl groups excluding tert-OH is 1. The fraction of sp³-hybridized carbons (Fsp3) is 0.310. The quantitative estimate of drug-likeness (QED) is 0.259. The van der Waals surface area contributed by atoms with Gasteiger partial charge in [-0.25, -0.2) is 4.98 Å². The number of aliphatic hydroxyl groups is 1. The molecule has 2 N–H and O–H groups in total. The Morgan fingerprint density at radius 2 is 1.64 bits per heavy atom. The molecule has 1 aliphatic heterocycles. The van der Waals surface area contributed by atoms with Gasteiger partial charge in [0.15, 0.2) is 6.29 Å². The van der Waals surface area contributed by atoms with E-state index < -0.39 is 16.0 Å². The zero-order valence-electron chi connectivity index (χ0n) is 21.1. The highest BCUT2D eigenvalue weighted by Gasteiger charge is 2.38. The van der Waals surface area contributed by atoms with Gasteiger partial charge in [-0.15, -0.1) is 0 Å². The lowest BCUT2D eigenvalue weighted by atomic mass is 9.90. The van der Waals surface area contributed by atoms with Crippen LogP contribution in [-0.4, -0.2) is 30.5 Å². The molecule has 39 heavy (non-hydrogen) atoms. The molecule has 7 nitrogen and oxygen atoms in total. The molecule has 0 spiro atoms. The van der Waals surface area contributed by atoms with Crippen molar-refractivity contribution in [2.24, 2.45) is 5.92 Å². The Balaban J connectivity index is 1.39. The minimum atomic E-state index is -2.01. The molecule has 1 saturated heterocycles. The molecular formula is C29H28Cl3N3O4. The van der Waals surface area contributed by atoms with Gasteiger partial charge in [-0.1, -0.05) is 102 Å². The predicted molar refractivity (Wildman–Crippen MR) is 151 cm³/mol. The molecule has 5 rings (SSSR count). The van der Waals surface area contributed by atoms with Crippen molar-refractivity contribution in [3.8, 4) is 0 Å². The van der Waals surface area contributed by atoms with Crippen molar-refractivity contribution in [1.82, 2.24) is 14.9 Å². The van der Waals surface area contributed by atoms with Crippen LogP contribution in [0.25, 0.3) is 11.0 Å². The molecule has 0 bridgehead atoms. The van der Waals surface area contributed by atoms with Crippen LogP contribution in [0, 0.1) is 5.92 Å². The molecular weight excluding hydrogens is 561 g/mol. The van der Waals surface area contributed by atoms with E-state index in [1.54, 1.807) is 0 Å². The number of para-hydroxylation sites is 2. The van der Waals surface area contributed by atoms with Crippen molar-refractivity contribution in [3.63, 3.8) is 0 Å². The number of fused-ring (bicyclic) bond motifs is 1. The number of benzene rings is 3. The Morgan fingerprint density at radius 3 is 2.33 bits per heavy atom. The van der Waals surface area contributed by atoms with Gasteiger partial charge in [-0.3, -0.25) is 4.79 Å². The number of nitrogens with one attached hydrogen (secondary N) is 1. The van der Waals surface area contributed by atoms with Gasteiger partial charge in [0.1, 0.15) is 0 Å². The normalized spacial score (nSPS) is 21.7. The number of carbonyl (C=O) groups excluding carboxylic acids is 1. The number of amides is 1. The number of imidazole rings is 1. The molecule has 4 atom stereocenters. The van der Waals surface area contributed by atoms with Crippen LogP contribution in [0.4, 0.5) is 0 Å². The summed E-state index contributed by atoms with van der Waals surface area (Å²) in [6.07, 6.45) is 0.816. The molecule has 1 amide bonds. The van der Waals surface area contributed by atoms with Crippen LogP contribution in [0.2, 0.25) is 0 Å². The molecule has 4 aromatic rings. The van der Waals surface area contributed by atoms with E-state index in [0.29, 0.717) is 6.54 Å². The lowest BCUT2D eigenvalue weighted by Gasteiger charge is -2.41. The van der Waals surface area contributed by atoms with Crippen molar-refractivity contribution in [2.75, 3.05) is 0 Å². The minimum absolute atomic E-state index is 0.0160. The standard InChI is InChI=1S/C29H28Cl3N3O4/c1-18-25(15-35-17-34-23-4-2-3-5-24(23)35)38-27(39-26(18)21-10-8-20(16-36)9-11-21)22-12-6-19(7-13-22)14-33-28(37)29(30,31)32/h2-13,17-18,25-27,36H,14-16H2,1H3,(H,33,37). The molecule has 1 fully saturated rings. The van der Waals surface area contributed by atoms with Gasteiger partial charge in [0.2, 0.25) is 0 Å². The van der Waals surface area contributed by atoms with Crippen LogP contribution in [0.3, 0.4) is 0 Å². The molecule has 0 radical (unpaired) electrons. The number of carbonyl (C=O) groups is 1. The predicted octanol–water partition coefficient (Wildman–Crippen LogP) is 6.01. The summed E-state index contributed by atoms with van der Waals surface area (Å²) < 4.78 is 13.2. The Morgan fingerprint density at radius 1 is 0.974 bits per heavy atom. The topological polar surface area (TPSA) is 85.6 Å². The van der Waals surface area contributed by atoms with Crippen LogP contribution in [0.1, 0.15) is 41.6 Å². The molecule has 3 aromatic carbocycles. The second kappa shape index (κ2) is 11.8. The van der Waals surface area contributed by atoms with Crippen molar-refractivity contribution >= 4 is 51.7 Å². The van der Waals surface area contributed by atoms with Crippen LogP contribution in [0.5, 0.6) is 0 Å². The Kier molecular flexibility index (Phi) is 8.47. The first-order valence-electron chi connectivity index (χ1n) is 12.6. The summed E-state index contributed by atoms with van der Waals surface area (Å²) >= 11 is 16.9. The maximum absolute atomic E-state index is 11.9. The second-order valence-corrected chi connectivity index (χ2v) is 11.9. The third-order valence-electron chi connectivity index (χ3n) is 6.99. The zero-order chi connectivity index (χ0) is 27.6. The lowest BCUT2D eigenvalue weighted by Crippen LogP contribution is -2.39. The lowest BCUT2D eigenvalue weighted by molar-refractivity contribution is -0.276. The van der Waals surface area contributed by atoms with Gasteiger partial charge in [-0.2, -0.15) is 0 Å². The van der Waals surface area contributed by atoms with Crippen LogP contribution >= 0.6 is 34.8 Å². The van der Waals surface area contributed by atoms with Crippen LogP contribution in [0.15, 0.2) is 79.1 Å². The highest BCUT2D eigenvalue weighted by atomic mass is 35.6. The summed E-state index contributed by atoms with van der Waals surface area (Å²) in [6.45, 7) is 2.93. The van der Waals surface area contributed by atoms with Crippen molar-refractivity contribution in [2.45, 2.75) is 48.9 Å². The Labute approximate surface area is 241 Å². The highest BCUT2D eigenvalue weighted by Crippen LogP contribution is 2.42. The number of alkyl halides is 3. The maximum Gasteiger partial charge on any atom is 0.272 e. The van der Waals surface area contributed by atoms with Gasteiger partial charge in [0, 0.05) is 18.0 Å². The summed E-state index contributed by atoms with van der Waals surface area (Å²) in [5.74, 6) is -0.659. The summed E-state index contributed by atoms with van der Waals surface area (Å²) in [5.41, 5.74) is 5.51. The van der Waals surface area contributed by atoms with E-state index in [1.807, 2.05) is 73.1 Å². The van der Waals surface area contributed by atoms with Crippen molar-refractivity contribution < 1.29 is 19.4 Å². The largest absolute Gasteiger partial charge is 0.392 e. The van der Waals surface area contributed by atoms with E-state index in [4.69, 9.17) is 44.3 Å². The number of hydrogen-bond donors (Lipinski definition) is 2. The van der Waals surface area contributed by atoms with Crippen molar-refractivity contribution in [3.05, 3.63) is 101 Å². The van der Waals surface area contributed by atoms with Gasteiger partial charge in [-0.05, 0) is 28.8 Å². The summed E-state index contributed by atoms with van der Waals surface area (Å²) in [5, 5.41) is 12.1. The van der Waals surface area contributed by atoms with Crippen LogP contribution in [-0.2, 0) is 34.0 Å². The first-order chi connectivity index (χ1) is 18.7. The van der Waals surface area contributed by atoms with E-state index in [9.17, 15) is 9.90 Å². The van der Waals surface area contributed by atoms with E-state index in [1.165, 1.54) is 0 Å². The third kappa shape index (κ3) is 6.40. The number of rotatable bonds is 7. The van der Waals surface area contributed by atoms with Crippen molar-refractivity contribution in [1.29, 1.82) is 0 Å². The monoisotopic (exact) mass is 587 g/mol. The average molecular weight is 589 g/mol. The van der Waals surface area contributed by atoms with Gasteiger partial charge < -0.3 is 24.5 Å². The summed E-state index contributed by atoms with van der Waals surface area (Å²) in [4.78, 5) is 16.4. The Bertz CT molecular complexity index is 1420. The summed E-state index contributed by atoms with van der Waals surface area (Å²) in [6, 6.07) is 23.4. The molecule has 0 aliphatic carbocycles. The minimum Gasteiger partial charge on any atom is -0.392 e. The Hall–Kier alpha value is -2.65. The van der Waals surface area contributed by atoms with E-state index in [-0.39, 0.29) is 31.3 Å². The van der Waals surface area contributed by atoms with E-state index in [2.05, 4.69) is 27.9 Å². The summed E-state index contributed by atoms with van der Waals surface area (Å²) in [7, 11) is 0. The SMILES string of the molecule is CC1C(Cn2cnc3ccccc32)OC(c2ccc(CNC(=O)C(Cl)(Cl)Cl)cc2)OC1c1ccc(CO)cc1. The molecule has 204 valence electrons. The number of ether oxygens (including phenoxy) is 2. The molecule has 1 aliphatic rings. The fourth-order valence-electron chi connectivity index (χ4n) is 4.75. The number of halogens is 3. The number of nitrogens with zero attached hydrogens (tertiary/aromatic N) is 2. The van der Waals surface area contributed by atoms with Gasteiger partial charge in [0.05, 0.1) is 42.7 Å². The molecule has 2 heterocycles. The first kappa shape index (κ1) is 27.9. The molecule has 4 unspecified atom stereocenters. The third-order valence-corrected chi connectivity index (χ3v) is 7.50. The number of aromatic nitrogens is 2. The zero-order valence-corrected chi connectivity index (χ0v) is 23.4. The maximum atomic E-state index is 11.9. The van der Waals surface area contributed by atoms with Crippen LogP contribution < -0.4 is 5.32 Å². The van der Waals surface area contributed by atoms with E-state index >= 15 is 0 Å². The molecule has 0 saturated carbocycles. The van der Waals surface area contributed by atoms with E-state index in [0.717, 1.165) is 33.3 Å². The van der Waals surface area contributed by atoms with Gasteiger partial charge >= 0.3 is 0 Å². The fourth-order valence-corrected chi connectivity index (χ4v) is 4.95. The molecule has 10 heteroatoms. The molecule has 1 aromatic heterocycles. The second-order valence-electron chi connectivity index (χ2n) is 9.63. The first-order valence-corrected chi connectivity index (χ1v) is 13.7. The van der Waals surface area contributed by atoms with Gasteiger partial charge in [0.25, 0.3) is 9.70 Å². The highest BCUT2D eigenvalue weighted by molar-refractivity contribution is 6.76.